The largest absolute Gasteiger partial charge is 0.467 e. The molecule has 1 heterocycles. The zero-order chi connectivity index (χ0) is 19.8. The second-order valence-electron chi connectivity index (χ2n) is 5.99. The van der Waals surface area contributed by atoms with E-state index in [4.69, 9.17) is 16.0 Å². The van der Waals surface area contributed by atoms with Crippen LogP contribution in [0.15, 0.2) is 82.3 Å². The molecule has 0 atom stereocenters. The molecule has 0 aliphatic carbocycles. The molecule has 144 valence electrons. The molecule has 0 saturated carbocycles. The van der Waals surface area contributed by atoms with E-state index >= 15 is 0 Å². The third kappa shape index (κ3) is 6.18. The zero-order valence-corrected chi connectivity index (χ0v) is 16.6. The number of carbonyl (C=O) groups excluding carboxylic acids is 2. The lowest BCUT2D eigenvalue weighted by Crippen LogP contribution is -2.38. The number of rotatable bonds is 8. The van der Waals surface area contributed by atoms with E-state index in [9.17, 15) is 9.59 Å². The number of carbonyl (C=O) groups is 2. The summed E-state index contributed by atoms with van der Waals surface area (Å²) in [6.45, 7) is 0.171. The maximum Gasteiger partial charge on any atom is 0.244 e. The van der Waals surface area contributed by atoms with Gasteiger partial charge < -0.3 is 14.6 Å². The number of nitrogens with one attached hydrogen (secondary N) is 1. The van der Waals surface area contributed by atoms with E-state index in [2.05, 4.69) is 5.32 Å². The number of amides is 2. The topological polar surface area (TPSA) is 62.6 Å². The van der Waals surface area contributed by atoms with Crippen LogP contribution in [0.1, 0.15) is 5.76 Å². The van der Waals surface area contributed by atoms with Crippen molar-refractivity contribution < 1.29 is 14.0 Å². The molecule has 0 radical (unpaired) electrons. The van der Waals surface area contributed by atoms with Crippen molar-refractivity contribution in [2.45, 2.75) is 11.4 Å². The molecule has 2 amide bonds. The highest BCUT2D eigenvalue weighted by molar-refractivity contribution is 8.00. The number of para-hydroxylation sites is 1. The number of anilines is 1. The highest BCUT2D eigenvalue weighted by Crippen LogP contribution is 2.21. The molecule has 28 heavy (non-hydrogen) atoms. The first kappa shape index (κ1) is 20.0. The number of furan rings is 1. The van der Waals surface area contributed by atoms with E-state index in [1.54, 1.807) is 42.7 Å². The molecule has 0 fully saturated rings. The molecule has 0 bridgehead atoms. The monoisotopic (exact) mass is 414 g/mol. The van der Waals surface area contributed by atoms with Crippen LogP contribution in [0.2, 0.25) is 5.02 Å². The Bertz CT molecular complexity index is 899. The average molecular weight is 415 g/mol. The average Bonchev–Trinajstić information content (AvgIpc) is 3.21. The summed E-state index contributed by atoms with van der Waals surface area (Å²) in [5.74, 6) is 0.417. The molecule has 0 aliphatic rings. The summed E-state index contributed by atoms with van der Waals surface area (Å²) in [4.78, 5) is 27.6. The fourth-order valence-electron chi connectivity index (χ4n) is 2.49. The molecule has 5 nitrogen and oxygen atoms in total. The van der Waals surface area contributed by atoms with Gasteiger partial charge in [-0.1, -0.05) is 29.8 Å². The Morgan fingerprint density at radius 3 is 2.43 bits per heavy atom. The van der Waals surface area contributed by atoms with E-state index in [1.165, 1.54) is 16.7 Å². The van der Waals surface area contributed by atoms with Crippen LogP contribution in [-0.2, 0) is 16.1 Å². The second-order valence-corrected chi connectivity index (χ2v) is 7.47. The number of halogens is 1. The quantitative estimate of drug-likeness (QED) is 0.543. The Kier molecular flexibility index (Phi) is 7.17. The molecular weight excluding hydrogens is 396 g/mol. The predicted molar refractivity (Wildman–Crippen MR) is 111 cm³/mol. The lowest BCUT2D eigenvalue weighted by atomic mass is 10.3. The summed E-state index contributed by atoms with van der Waals surface area (Å²) in [6, 6.07) is 20.0. The Morgan fingerprint density at radius 1 is 1.00 bits per heavy atom. The summed E-state index contributed by atoms with van der Waals surface area (Å²) in [5.41, 5.74) is 0.688. The van der Waals surface area contributed by atoms with Gasteiger partial charge in [-0.25, -0.2) is 0 Å². The van der Waals surface area contributed by atoms with Gasteiger partial charge in [0.2, 0.25) is 11.8 Å². The van der Waals surface area contributed by atoms with Gasteiger partial charge in [-0.15, -0.1) is 11.8 Å². The Labute approximate surface area is 172 Å². The molecule has 3 aromatic rings. The first-order chi connectivity index (χ1) is 13.6. The molecule has 0 unspecified atom stereocenters. The van der Waals surface area contributed by atoms with Crippen LogP contribution < -0.4 is 5.32 Å². The van der Waals surface area contributed by atoms with Gasteiger partial charge in [0.05, 0.1) is 18.6 Å². The molecule has 0 spiro atoms. The molecule has 3 rings (SSSR count). The fraction of sp³-hybridized carbons (Fsp3) is 0.143. The normalized spacial score (nSPS) is 10.5. The molecule has 1 N–H and O–H groups in total. The van der Waals surface area contributed by atoms with Gasteiger partial charge >= 0.3 is 0 Å². The van der Waals surface area contributed by atoms with E-state index in [-0.39, 0.29) is 30.7 Å². The van der Waals surface area contributed by atoms with Crippen LogP contribution in [0, 0.1) is 0 Å². The minimum atomic E-state index is -0.261. The first-order valence-corrected chi connectivity index (χ1v) is 10.00. The van der Waals surface area contributed by atoms with Gasteiger partial charge in [0, 0.05) is 15.6 Å². The summed E-state index contributed by atoms with van der Waals surface area (Å²) in [6.07, 6.45) is 1.55. The molecule has 2 aromatic carbocycles. The van der Waals surface area contributed by atoms with Gasteiger partial charge in [0.1, 0.15) is 12.3 Å². The first-order valence-electron chi connectivity index (χ1n) is 8.63. The van der Waals surface area contributed by atoms with Crippen molar-refractivity contribution in [1.82, 2.24) is 4.90 Å². The molecule has 7 heteroatoms. The molecular formula is C21H19ClN2O3S. The van der Waals surface area contributed by atoms with Crippen molar-refractivity contribution in [2.24, 2.45) is 0 Å². The van der Waals surface area contributed by atoms with E-state index < -0.39 is 0 Å². The summed E-state index contributed by atoms with van der Waals surface area (Å²) in [7, 11) is 0. The zero-order valence-electron chi connectivity index (χ0n) is 15.0. The van der Waals surface area contributed by atoms with Gasteiger partial charge in [0.25, 0.3) is 0 Å². The smallest absolute Gasteiger partial charge is 0.244 e. The van der Waals surface area contributed by atoms with Crippen LogP contribution >= 0.6 is 23.4 Å². The molecule has 1 aromatic heterocycles. The third-order valence-corrected chi connectivity index (χ3v) is 5.10. The van der Waals surface area contributed by atoms with E-state index in [1.807, 2.05) is 30.3 Å². The number of hydrogen-bond donors (Lipinski definition) is 1. The van der Waals surface area contributed by atoms with E-state index in [0.717, 1.165) is 4.90 Å². The van der Waals surface area contributed by atoms with Crippen LogP contribution in [0.4, 0.5) is 5.69 Å². The summed E-state index contributed by atoms with van der Waals surface area (Å²) >= 11 is 7.29. The van der Waals surface area contributed by atoms with Gasteiger partial charge in [-0.3, -0.25) is 9.59 Å². The van der Waals surface area contributed by atoms with Crippen molar-refractivity contribution in [3.05, 3.63) is 83.8 Å². The van der Waals surface area contributed by atoms with Crippen LogP contribution in [0.5, 0.6) is 0 Å². The number of thioether (sulfide) groups is 1. The Morgan fingerprint density at radius 2 is 1.75 bits per heavy atom. The maximum atomic E-state index is 12.8. The summed E-state index contributed by atoms with van der Waals surface area (Å²) in [5, 5.41) is 3.45. The standard InChI is InChI=1S/C21H19ClN2O3S/c22-16-8-10-19(11-9-16)28-15-21(26)24(13-18-7-4-12-27-18)14-20(25)23-17-5-2-1-3-6-17/h1-12H,13-15H2,(H,23,25). The van der Waals surface area contributed by atoms with E-state index in [0.29, 0.717) is 16.5 Å². The van der Waals surface area contributed by atoms with Crippen LogP contribution in [0.25, 0.3) is 0 Å². The van der Waals surface area contributed by atoms with Crippen molar-refractivity contribution >= 4 is 40.9 Å². The van der Waals surface area contributed by atoms with Crippen molar-refractivity contribution in [3.8, 4) is 0 Å². The number of nitrogens with zero attached hydrogens (tertiary/aromatic N) is 1. The Balaban J connectivity index is 1.62. The van der Waals surface area contributed by atoms with Crippen LogP contribution in [-0.4, -0.2) is 29.0 Å². The Hall–Kier alpha value is -2.70. The highest BCUT2D eigenvalue weighted by Gasteiger charge is 2.19. The predicted octanol–water partition coefficient (Wildman–Crippen LogP) is 4.69. The fourth-order valence-corrected chi connectivity index (χ4v) is 3.41. The lowest BCUT2D eigenvalue weighted by molar-refractivity contribution is -0.133. The van der Waals surface area contributed by atoms with Gasteiger partial charge in [-0.05, 0) is 48.5 Å². The van der Waals surface area contributed by atoms with Crippen molar-refractivity contribution in [1.29, 1.82) is 0 Å². The number of hydrogen-bond acceptors (Lipinski definition) is 4. The molecule has 0 aliphatic heterocycles. The minimum Gasteiger partial charge on any atom is -0.467 e. The van der Waals surface area contributed by atoms with Crippen molar-refractivity contribution in [3.63, 3.8) is 0 Å². The van der Waals surface area contributed by atoms with Crippen LogP contribution in [0.3, 0.4) is 0 Å². The summed E-state index contributed by atoms with van der Waals surface area (Å²) < 4.78 is 5.34. The molecule has 0 saturated heterocycles. The number of benzene rings is 2. The minimum absolute atomic E-state index is 0.0599. The maximum absolute atomic E-state index is 12.8. The lowest BCUT2D eigenvalue weighted by Gasteiger charge is -2.21. The van der Waals surface area contributed by atoms with Gasteiger partial charge in [-0.2, -0.15) is 0 Å². The van der Waals surface area contributed by atoms with Gasteiger partial charge in [0.15, 0.2) is 0 Å². The van der Waals surface area contributed by atoms with Crippen molar-refractivity contribution in [2.75, 3.05) is 17.6 Å². The SMILES string of the molecule is O=C(CN(Cc1ccco1)C(=O)CSc1ccc(Cl)cc1)Nc1ccccc1. The highest BCUT2D eigenvalue weighted by atomic mass is 35.5. The third-order valence-electron chi connectivity index (χ3n) is 3.85. The second kappa shape index (κ2) is 10.0.